The first kappa shape index (κ1) is 15.3. The summed E-state index contributed by atoms with van der Waals surface area (Å²) in [5, 5.41) is 0. The van der Waals surface area contributed by atoms with Crippen molar-refractivity contribution in [1.29, 1.82) is 0 Å². The number of carbonyl (C=O) groups is 1. The largest absolute Gasteiger partial charge is 0.493 e. The van der Waals surface area contributed by atoms with Gasteiger partial charge in [0.2, 0.25) is 5.91 Å². The summed E-state index contributed by atoms with van der Waals surface area (Å²) in [7, 11) is 1.84. The van der Waals surface area contributed by atoms with E-state index in [1.54, 1.807) is 17.0 Å². The molecule has 19 heavy (non-hydrogen) atoms. The van der Waals surface area contributed by atoms with E-state index in [0.717, 1.165) is 0 Å². The molecule has 0 bridgehead atoms. The Kier molecular flexibility index (Phi) is 5.67. The second-order valence-corrected chi connectivity index (χ2v) is 5.16. The Balaban J connectivity index is 2.39. The molecule has 0 spiro atoms. The molecule has 4 heteroatoms. The number of nitrogens with two attached hydrogens (primary N) is 1. The molecule has 0 fully saturated rings. The molecule has 106 valence electrons. The number of benzene rings is 1. The van der Waals surface area contributed by atoms with Crippen LogP contribution in [0.15, 0.2) is 24.3 Å². The third-order valence-electron chi connectivity index (χ3n) is 3.41. The minimum Gasteiger partial charge on any atom is -0.493 e. The van der Waals surface area contributed by atoms with Crippen molar-refractivity contribution in [3.05, 3.63) is 24.3 Å². The molecule has 0 aliphatic rings. The predicted octanol–water partition coefficient (Wildman–Crippen LogP) is 2.54. The van der Waals surface area contributed by atoms with Crippen molar-refractivity contribution in [2.75, 3.05) is 19.4 Å². The molecule has 1 aromatic carbocycles. The van der Waals surface area contributed by atoms with Crippen LogP contribution in [-0.2, 0) is 4.79 Å². The summed E-state index contributed by atoms with van der Waals surface area (Å²) >= 11 is 0. The minimum atomic E-state index is 0.102. The van der Waals surface area contributed by atoms with E-state index in [0.29, 0.717) is 30.4 Å². The summed E-state index contributed by atoms with van der Waals surface area (Å²) in [4.78, 5) is 13.8. The Morgan fingerprint density at radius 3 is 2.63 bits per heavy atom. The van der Waals surface area contributed by atoms with Gasteiger partial charge in [0.25, 0.3) is 0 Å². The zero-order valence-corrected chi connectivity index (χ0v) is 12.2. The van der Waals surface area contributed by atoms with Gasteiger partial charge >= 0.3 is 0 Å². The van der Waals surface area contributed by atoms with Crippen molar-refractivity contribution in [2.45, 2.75) is 33.2 Å². The quantitative estimate of drug-likeness (QED) is 0.803. The molecule has 0 aromatic heterocycles. The van der Waals surface area contributed by atoms with Crippen LogP contribution in [0.2, 0.25) is 0 Å². The fourth-order valence-electron chi connectivity index (χ4n) is 1.71. The van der Waals surface area contributed by atoms with Gasteiger partial charge in [0.05, 0.1) is 13.0 Å². The second-order valence-electron chi connectivity index (χ2n) is 5.16. The summed E-state index contributed by atoms with van der Waals surface area (Å²) < 4.78 is 5.52. The average molecular weight is 264 g/mol. The zero-order valence-electron chi connectivity index (χ0n) is 12.2. The lowest BCUT2D eigenvalue weighted by Gasteiger charge is -2.28. The number of rotatable bonds is 6. The van der Waals surface area contributed by atoms with Crippen molar-refractivity contribution in [1.82, 2.24) is 4.90 Å². The highest BCUT2D eigenvalue weighted by molar-refractivity contribution is 5.76. The number of ether oxygens (including phenoxy) is 1. The molecule has 4 nitrogen and oxygen atoms in total. The highest BCUT2D eigenvalue weighted by Crippen LogP contribution is 2.15. The van der Waals surface area contributed by atoms with E-state index < -0.39 is 0 Å². The predicted molar refractivity (Wildman–Crippen MR) is 78.0 cm³/mol. The van der Waals surface area contributed by atoms with Gasteiger partial charge in [0.15, 0.2) is 0 Å². The number of hydrogen-bond donors (Lipinski definition) is 1. The van der Waals surface area contributed by atoms with Crippen molar-refractivity contribution < 1.29 is 9.53 Å². The van der Waals surface area contributed by atoms with Crippen LogP contribution in [-0.4, -0.2) is 30.5 Å². The van der Waals surface area contributed by atoms with E-state index in [1.165, 1.54) is 0 Å². The molecular weight excluding hydrogens is 240 g/mol. The Hall–Kier alpha value is -1.71. The fraction of sp³-hybridized carbons (Fsp3) is 0.533. The lowest BCUT2D eigenvalue weighted by molar-refractivity contribution is -0.132. The molecule has 1 amide bonds. The number of carbonyl (C=O) groups excluding carboxylic acids is 1. The summed E-state index contributed by atoms with van der Waals surface area (Å²) in [5.41, 5.74) is 6.32. The first-order valence-electron chi connectivity index (χ1n) is 6.65. The Morgan fingerprint density at radius 2 is 2.05 bits per heavy atom. The standard InChI is InChI=1S/C15H24N2O2/c1-11(2)12(3)17(4)15(18)8-9-19-14-7-5-6-13(16)10-14/h5-7,10-12H,8-9,16H2,1-4H3. The highest BCUT2D eigenvalue weighted by Gasteiger charge is 2.18. The lowest BCUT2D eigenvalue weighted by Crippen LogP contribution is -2.38. The van der Waals surface area contributed by atoms with E-state index in [-0.39, 0.29) is 11.9 Å². The van der Waals surface area contributed by atoms with E-state index in [1.807, 2.05) is 19.2 Å². The number of hydrogen-bond acceptors (Lipinski definition) is 3. The van der Waals surface area contributed by atoms with Gasteiger partial charge in [-0.2, -0.15) is 0 Å². The van der Waals surface area contributed by atoms with Gasteiger partial charge in [0.1, 0.15) is 5.75 Å². The molecule has 0 radical (unpaired) electrons. The molecule has 1 unspecified atom stereocenters. The van der Waals surface area contributed by atoms with Crippen LogP contribution in [0.4, 0.5) is 5.69 Å². The van der Waals surface area contributed by atoms with Gasteiger partial charge < -0.3 is 15.4 Å². The van der Waals surface area contributed by atoms with Gasteiger partial charge in [-0.25, -0.2) is 0 Å². The molecule has 0 saturated carbocycles. The first-order chi connectivity index (χ1) is 8.91. The summed E-state index contributed by atoms with van der Waals surface area (Å²) in [6.07, 6.45) is 0.377. The smallest absolute Gasteiger partial charge is 0.225 e. The van der Waals surface area contributed by atoms with Crippen LogP contribution in [0, 0.1) is 5.92 Å². The Bertz CT molecular complexity index is 418. The molecule has 0 heterocycles. The van der Waals surface area contributed by atoms with Crippen LogP contribution in [0.1, 0.15) is 27.2 Å². The second kappa shape index (κ2) is 7.02. The van der Waals surface area contributed by atoms with E-state index >= 15 is 0 Å². The average Bonchev–Trinajstić information content (AvgIpc) is 2.36. The highest BCUT2D eigenvalue weighted by atomic mass is 16.5. The molecule has 1 rings (SSSR count). The molecule has 0 aliphatic heterocycles. The number of amides is 1. The first-order valence-corrected chi connectivity index (χ1v) is 6.65. The maximum absolute atomic E-state index is 12.0. The summed E-state index contributed by atoms with van der Waals surface area (Å²) in [6.45, 7) is 6.65. The van der Waals surface area contributed by atoms with Crippen molar-refractivity contribution >= 4 is 11.6 Å². The zero-order chi connectivity index (χ0) is 14.4. The number of anilines is 1. The molecule has 0 aliphatic carbocycles. The molecular formula is C15H24N2O2. The lowest BCUT2D eigenvalue weighted by atomic mass is 10.1. The topological polar surface area (TPSA) is 55.6 Å². The van der Waals surface area contributed by atoms with E-state index in [9.17, 15) is 4.79 Å². The minimum absolute atomic E-state index is 0.102. The normalized spacial score (nSPS) is 12.3. The third-order valence-corrected chi connectivity index (χ3v) is 3.41. The Morgan fingerprint density at radius 1 is 1.37 bits per heavy atom. The van der Waals surface area contributed by atoms with E-state index in [2.05, 4.69) is 20.8 Å². The van der Waals surface area contributed by atoms with Crippen LogP contribution >= 0.6 is 0 Å². The molecule has 0 saturated heterocycles. The number of nitrogen functional groups attached to an aromatic ring is 1. The van der Waals surface area contributed by atoms with Crippen LogP contribution < -0.4 is 10.5 Å². The monoisotopic (exact) mass is 264 g/mol. The van der Waals surface area contributed by atoms with Crippen molar-refractivity contribution in [3.8, 4) is 5.75 Å². The number of nitrogens with zero attached hydrogens (tertiary/aromatic N) is 1. The molecule has 1 atom stereocenters. The summed E-state index contributed by atoms with van der Waals surface area (Å²) in [5.74, 6) is 1.25. The van der Waals surface area contributed by atoms with Gasteiger partial charge in [-0.1, -0.05) is 19.9 Å². The third kappa shape index (κ3) is 4.81. The maximum atomic E-state index is 12.0. The van der Waals surface area contributed by atoms with Gasteiger partial charge in [-0.3, -0.25) is 4.79 Å². The van der Waals surface area contributed by atoms with Crippen LogP contribution in [0.25, 0.3) is 0 Å². The molecule has 2 N–H and O–H groups in total. The van der Waals surface area contributed by atoms with Gasteiger partial charge in [-0.05, 0) is 25.0 Å². The van der Waals surface area contributed by atoms with Gasteiger partial charge in [0, 0.05) is 24.8 Å². The van der Waals surface area contributed by atoms with Gasteiger partial charge in [-0.15, -0.1) is 0 Å². The summed E-state index contributed by atoms with van der Waals surface area (Å²) in [6, 6.07) is 7.46. The van der Waals surface area contributed by atoms with Crippen molar-refractivity contribution in [3.63, 3.8) is 0 Å². The van der Waals surface area contributed by atoms with E-state index in [4.69, 9.17) is 10.5 Å². The van der Waals surface area contributed by atoms with Crippen LogP contribution in [0.3, 0.4) is 0 Å². The SMILES string of the molecule is CC(C)C(C)N(C)C(=O)CCOc1cccc(N)c1. The maximum Gasteiger partial charge on any atom is 0.225 e. The fourth-order valence-corrected chi connectivity index (χ4v) is 1.71. The van der Waals surface area contributed by atoms with Crippen molar-refractivity contribution in [2.24, 2.45) is 5.92 Å². The Labute approximate surface area is 115 Å². The molecule has 1 aromatic rings. The van der Waals surface area contributed by atoms with Crippen LogP contribution in [0.5, 0.6) is 5.75 Å².